The van der Waals surface area contributed by atoms with Crippen LogP contribution in [-0.4, -0.2) is 54.1 Å². The lowest BCUT2D eigenvalue weighted by Crippen LogP contribution is -2.43. The number of likely N-dealkylation sites (N-methyl/N-ethyl adjacent to an activating group) is 1. The van der Waals surface area contributed by atoms with Gasteiger partial charge in [-0.05, 0) is 50.2 Å². The predicted octanol–water partition coefficient (Wildman–Crippen LogP) is 3.63. The molecule has 2 N–H and O–H groups in total. The van der Waals surface area contributed by atoms with Crippen LogP contribution in [0.5, 0.6) is 5.75 Å². The lowest BCUT2D eigenvalue weighted by molar-refractivity contribution is -0.145. The Balaban J connectivity index is 1.40. The van der Waals surface area contributed by atoms with Crippen molar-refractivity contribution in [3.63, 3.8) is 0 Å². The van der Waals surface area contributed by atoms with E-state index in [-0.39, 0.29) is 18.9 Å². The smallest absolute Gasteiger partial charge is 0.304 e. The van der Waals surface area contributed by atoms with Crippen LogP contribution in [0.3, 0.4) is 0 Å². The van der Waals surface area contributed by atoms with Crippen molar-refractivity contribution in [2.45, 2.75) is 25.8 Å². The number of carbonyl (C=O) groups is 2. The molecule has 4 rings (SSSR count). The number of hydrogen-bond donors (Lipinski definition) is 2. The van der Waals surface area contributed by atoms with Crippen molar-refractivity contribution in [1.29, 1.82) is 0 Å². The van der Waals surface area contributed by atoms with Gasteiger partial charge < -0.3 is 20.1 Å². The highest BCUT2D eigenvalue weighted by atomic mass is 32.1. The van der Waals surface area contributed by atoms with Crippen LogP contribution in [0.2, 0.25) is 0 Å². The standard InChI is InChI=1S/C26H29N3O4S/c1-29(2)10-11-33-21-9-5-8-18(12-21)22-17-34-23(28-22)16-27-25(32)26(15-24(30)31)13-19-6-3-4-7-20(19)14-26/h3-9,12,17H,10-11,13-16H2,1-2H3,(H,27,32)(H,30,31). The lowest BCUT2D eigenvalue weighted by Gasteiger charge is -2.25. The van der Waals surface area contributed by atoms with Crippen molar-refractivity contribution in [2.24, 2.45) is 5.41 Å². The summed E-state index contributed by atoms with van der Waals surface area (Å²) in [6.45, 7) is 1.70. The molecule has 34 heavy (non-hydrogen) atoms. The molecule has 0 radical (unpaired) electrons. The van der Waals surface area contributed by atoms with Gasteiger partial charge in [0.15, 0.2) is 0 Å². The van der Waals surface area contributed by atoms with Gasteiger partial charge in [-0.25, -0.2) is 4.98 Å². The fourth-order valence-electron chi connectivity index (χ4n) is 4.31. The van der Waals surface area contributed by atoms with Crippen molar-refractivity contribution in [2.75, 3.05) is 27.2 Å². The number of aromatic nitrogens is 1. The highest BCUT2D eigenvalue weighted by molar-refractivity contribution is 7.09. The first-order valence-electron chi connectivity index (χ1n) is 11.2. The molecule has 0 unspecified atom stereocenters. The normalized spacial score (nSPS) is 14.1. The number of carboxylic acids is 1. The average Bonchev–Trinajstić information content (AvgIpc) is 3.42. The van der Waals surface area contributed by atoms with Gasteiger partial charge in [-0.2, -0.15) is 0 Å². The van der Waals surface area contributed by atoms with E-state index < -0.39 is 11.4 Å². The summed E-state index contributed by atoms with van der Waals surface area (Å²) in [5.41, 5.74) is 2.89. The van der Waals surface area contributed by atoms with Crippen LogP contribution in [0, 0.1) is 5.41 Å². The van der Waals surface area contributed by atoms with E-state index in [0.717, 1.165) is 39.7 Å². The fraction of sp³-hybridized carbons (Fsp3) is 0.346. The number of carboxylic acid groups (broad SMARTS) is 1. The Labute approximate surface area is 203 Å². The van der Waals surface area contributed by atoms with Crippen molar-refractivity contribution in [3.8, 4) is 17.0 Å². The summed E-state index contributed by atoms with van der Waals surface area (Å²) in [5.74, 6) is -0.412. The van der Waals surface area contributed by atoms with Crippen LogP contribution in [-0.2, 0) is 29.0 Å². The van der Waals surface area contributed by atoms with Crippen molar-refractivity contribution in [1.82, 2.24) is 15.2 Å². The molecule has 1 heterocycles. The van der Waals surface area contributed by atoms with E-state index in [1.165, 1.54) is 11.3 Å². The molecule has 0 spiro atoms. The lowest BCUT2D eigenvalue weighted by atomic mass is 9.80. The molecular formula is C26H29N3O4S. The molecule has 0 fully saturated rings. The Kier molecular flexibility index (Phi) is 7.29. The summed E-state index contributed by atoms with van der Waals surface area (Å²) in [7, 11) is 4.01. The van der Waals surface area contributed by atoms with Gasteiger partial charge in [0.05, 0.1) is 24.1 Å². The topological polar surface area (TPSA) is 91.8 Å². The van der Waals surface area contributed by atoms with E-state index in [9.17, 15) is 14.7 Å². The van der Waals surface area contributed by atoms with Gasteiger partial charge in [-0.3, -0.25) is 9.59 Å². The van der Waals surface area contributed by atoms with Crippen molar-refractivity contribution < 1.29 is 19.4 Å². The van der Waals surface area contributed by atoms with Gasteiger partial charge in [-0.15, -0.1) is 11.3 Å². The average molecular weight is 480 g/mol. The molecule has 0 bridgehead atoms. The first-order chi connectivity index (χ1) is 16.3. The van der Waals surface area contributed by atoms with E-state index in [1.54, 1.807) is 0 Å². The molecule has 1 aliphatic rings. The van der Waals surface area contributed by atoms with E-state index >= 15 is 0 Å². The summed E-state index contributed by atoms with van der Waals surface area (Å²) < 4.78 is 5.82. The number of ether oxygens (including phenoxy) is 1. The second-order valence-electron chi connectivity index (χ2n) is 8.96. The van der Waals surface area contributed by atoms with Crippen LogP contribution >= 0.6 is 11.3 Å². The van der Waals surface area contributed by atoms with Gasteiger partial charge in [0.25, 0.3) is 0 Å². The number of nitrogens with one attached hydrogen (secondary N) is 1. The number of rotatable bonds is 10. The van der Waals surface area contributed by atoms with Gasteiger partial charge in [0, 0.05) is 17.5 Å². The minimum Gasteiger partial charge on any atom is -0.492 e. The third kappa shape index (κ3) is 5.63. The minimum absolute atomic E-state index is 0.197. The Bertz CT molecular complexity index is 1150. The summed E-state index contributed by atoms with van der Waals surface area (Å²) >= 11 is 1.47. The van der Waals surface area contributed by atoms with Crippen LogP contribution < -0.4 is 10.1 Å². The quantitative estimate of drug-likeness (QED) is 0.462. The Morgan fingerprint density at radius 3 is 2.56 bits per heavy atom. The SMILES string of the molecule is CN(C)CCOc1cccc(-c2csc(CNC(=O)C3(CC(=O)O)Cc4ccccc4C3)n2)c1. The van der Waals surface area contributed by atoms with E-state index in [2.05, 4.69) is 15.2 Å². The van der Waals surface area contributed by atoms with Crippen LogP contribution in [0.15, 0.2) is 53.9 Å². The summed E-state index contributed by atoms with van der Waals surface area (Å²) in [5, 5.41) is 15.2. The van der Waals surface area contributed by atoms with Gasteiger partial charge in [0.2, 0.25) is 5.91 Å². The van der Waals surface area contributed by atoms with E-state index in [0.29, 0.717) is 19.4 Å². The maximum atomic E-state index is 13.2. The molecule has 1 amide bonds. The third-order valence-electron chi connectivity index (χ3n) is 6.04. The molecule has 2 aromatic carbocycles. The number of fused-ring (bicyclic) bond motifs is 1. The van der Waals surface area contributed by atoms with E-state index in [1.807, 2.05) is 68.0 Å². The summed E-state index contributed by atoms with van der Waals surface area (Å²) in [4.78, 5) is 31.5. The predicted molar refractivity (Wildman–Crippen MR) is 132 cm³/mol. The highest BCUT2D eigenvalue weighted by Crippen LogP contribution is 2.40. The molecule has 0 saturated heterocycles. The second-order valence-corrected chi connectivity index (χ2v) is 9.90. The highest BCUT2D eigenvalue weighted by Gasteiger charge is 2.45. The first kappa shape index (κ1) is 23.9. The number of amides is 1. The van der Waals surface area contributed by atoms with Gasteiger partial charge >= 0.3 is 5.97 Å². The second kappa shape index (κ2) is 10.4. The molecular weight excluding hydrogens is 450 g/mol. The monoisotopic (exact) mass is 479 g/mol. The Morgan fingerprint density at radius 2 is 1.88 bits per heavy atom. The van der Waals surface area contributed by atoms with Crippen LogP contribution in [0.1, 0.15) is 22.6 Å². The van der Waals surface area contributed by atoms with Gasteiger partial charge in [0.1, 0.15) is 17.4 Å². The summed E-state index contributed by atoms with van der Waals surface area (Å²) in [6, 6.07) is 15.6. The number of benzene rings is 2. The minimum atomic E-state index is -0.966. The zero-order valence-corrected chi connectivity index (χ0v) is 20.2. The van der Waals surface area contributed by atoms with Crippen LogP contribution in [0.25, 0.3) is 11.3 Å². The molecule has 0 atom stereocenters. The molecule has 7 nitrogen and oxygen atoms in total. The molecule has 3 aromatic rings. The molecule has 8 heteroatoms. The number of nitrogens with zero attached hydrogens (tertiary/aromatic N) is 2. The molecule has 178 valence electrons. The molecule has 0 saturated carbocycles. The zero-order chi connectivity index (χ0) is 24.1. The zero-order valence-electron chi connectivity index (χ0n) is 19.4. The maximum Gasteiger partial charge on any atom is 0.304 e. The number of carbonyl (C=O) groups excluding carboxylic acids is 1. The largest absolute Gasteiger partial charge is 0.492 e. The Hall–Kier alpha value is -3.23. The van der Waals surface area contributed by atoms with Crippen LogP contribution in [0.4, 0.5) is 0 Å². The summed E-state index contributed by atoms with van der Waals surface area (Å²) in [6.07, 6.45) is 0.674. The molecule has 1 aromatic heterocycles. The number of aliphatic carboxylic acids is 1. The van der Waals surface area contributed by atoms with E-state index in [4.69, 9.17) is 4.74 Å². The third-order valence-corrected chi connectivity index (χ3v) is 6.89. The first-order valence-corrected chi connectivity index (χ1v) is 12.1. The Morgan fingerprint density at radius 1 is 1.15 bits per heavy atom. The van der Waals surface area contributed by atoms with Gasteiger partial charge in [-0.1, -0.05) is 36.4 Å². The number of hydrogen-bond acceptors (Lipinski definition) is 6. The number of thiazole rings is 1. The van der Waals surface area contributed by atoms with Crippen molar-refractivity contribution in [3.05, 3.63) is 70.0 Å². The van der Waals surface area contributed by atoms with Crippen molar-refractivity contribution >= 4 is 23.2 Å². The maximum absolute atomic E-state index is 13.2. The fourth-order valence-corrected chi connectivity index (χ4v) is 5.05. The molecule has 1 aliphatic carbocycles. The molecule has 0 aliphatic heterocycles.